The smallest absolute Gasteiger partial charge is 0.276 e. The van der Waals surface area contributed by atoms with Gasteiger partial charge in [-0.2, -0.15) is 13.2 Å². The van der Waals surface area contributed by atoms with Crippen LogP contribution in [0.15, 0.2) is 23.6 Å². The van der Waals surface area contributed by atoms with E-state index in [9.17, 15) is 18.0 Å². The molecule has 0 aliphatic heterocycles. The Labute approximate surface area is 86.8 Å². The highest BCUT2D eigenvalue weighted by Gasteiger charge is 2.35. The van der Waals surface area contributed by atoms with E-state index in [1.807, 2.05) is 0 Å². The normalized spacial score (nSPS) is 13.0. The zero-order chi connectivity index (χ0) is 10.8. The molecule has 0 radical (unpaired) electrons. The third-order valence-corrected chi connectivity index (χ3v) is 2.36. The van der Waals surface area contributed by atoms with Crippen molar-refractivity contribution in [2.24, 2.45) is 0 Å². The predicted molar refractivity (Wildman–Crippen MR) is 49.2 cm³/mol. The SMILES string of the molecule is O=C(Cl)/C=C(/c1cccs1)C(F)(F)F. The standard InChI is InChI=1S/C8H4ClF3OS/c9-7(13)4-5(8(10,11)12)6-2-1-3-14-6/h1-4H/b5-4-. The van der Waals surface area contributed by atoms with Gasteiger partial charge in [0.1, 0.15) is 0 Å². The van der Waals surface area contributed by atoms with E-state index in [1.54, 1.807) is 0 Å². The molecule has 0 unspecified atom stereocenters. The first-order chi connectivity index (χ1) is 6.41. The van der Waals surface area contributed by atoms with Crippen LogP contribution in [-0.4, -0.2) is 11.4 Å². The van der Waals surface area contributed by atoms with Gasteiger partial charge in [0, 0.05) is 11.0 Å². The van der Waals surface area contributed by atoms with E-state index < -0.39 is 17.0 Å². The molecule has 0 saturated carbocycles. The minimum absolute atomic E-state index is 0.0218. The zero-order valence-corrected chi connectivity index (χ0v) is 8.21. The van der Waals surface area contributed by atoms with Gasteiger partial charge in [-0.25, -0.2) is 0 Å². The van der Waals surface area contributed by atoms with Crippen LogP contribution >= 0.6 is 22.9 Å². The molecule has 1 aromatic rings. The lowest BCUT2D eigenvalue weighted by molar-refractivity contribution is -0.108. The van der Waals surface area contributed by atoms with Gasteiger partial charge in [0.15, 0.2) is 0 Å². The fourth-order valence-electron chi connectivity index (χ4n) is 0.838. The van der Waals surface area contributed by atoms with Crippen LogP contribution in [0.2, 0.25) is 0 Å². The Bertz CT molecular complexity index is 353. The highest BCUT2D eigenvalue weighted by atomic mass is 35.5. The van der Waals surface area contributed by atoms with Crippen LogP contribution in [0.1, 0.15) is 4.88 Å². The first-order valence-electron chi connectivity index (χ1n) is 3.43. The van der Waals surface area contributed by atoms with Crippen molar-refractivity contribution in [3.05, 3.63) is 28.5 Å². The summed E-state index contributed by atoms with van der Waals surface area (Å²) in [6, 6.07) is 2.75. The lowest BCUT2D eigenvalue weighted by atomic mass is 10.2. The van der Waals surface area contributed by atoms with Crippen LogP contribution < -0.4 is 0 Å². The van der Waals surface area contributed by atoms with E-state index in [0.29, 0.717) is 6.08 Å². The molecule has 1 rings (SSSR count). The van der Waals surface area contributed by atoms with Crippen LogP contribution in [0.4, 0.5) is 13.2 Å². The van der Waals surface area contributed by atoms with E-state index in [2.05, 4.69) is 0 Å². The first kappa shape index (κ1) is 11.3. The first-order valence-corrected chi connectivity index (χ1v) is 4.69. The second-order valence-corrected chi connectivity index (χ2v) is 3.66. The zero-order valence-electron chi connectivity index (χ0n) is 6.64. The Balaban J connectivity index is 3.14. The van der Waals surface area contributed by atoms with E-state index in [4.69, 9.17) is 11.6 Å². The second-order valence-electron chi connectivity index (χ2n) is 2.34. The van der Waals surface area contributed by atoms with Gasteiger partial charge in [0.05, 0.1) is 5.57 Å². The molecule has 76 valence electrons. The minimum Gasteiger partial charge on any atom is -0.276 e. The average molecular weight is 241 g/mol. The van der Waals surface area contributed by atoms with Crippen LogP contribution in [0.3, 0.4) is 0 Å². The summed E-state index contributed by atoms with van der Waals surface area (Å²) in [5.41, 5.74) is -1.01. The van der Waals surface area contributed by atoms with Crippen molar-refractivity contribution in [1.82, 2.24) is 0 Å². The molecule has 0 N–H and O–H groups in total. The molecular formula is C8H4ClF3OS. The van der Waals surface area contributed by atoms with Crippen molar-refractivity contribution in [3.8, 4) is 0 Å². The van der Waals surface area contributed by atoms with Gasteiger partial charge in [-0.3, -0.25) is 4.79 Å². The van der Waals surface area contributed by atoms with E-state index in [-0.39, 0.29) is 4.88 Å². The molecule has 0 fully saturated rings. The number of halogens is 4. The second kappa shape index (κ2) is 4.14. The number of rotatable bonds is 2. The van der Waals surface area contributed by atoms with Gasteiger partial charge in [0.2, 0.25) is 5.24 Å². The molecule has 0 aliphatic rings. The predicted octanol–water partition coefficient (Wildman–Crippen LogP) is 3.46. The van der Waals surface area contributed by atoms with E-state index in [0.717, 1.165) is 11.3 Å². The Morgan fingerprint density at radius 1 is 1.50 bits per heavy atom. The number of carbonyl (C=O) groups is 1. The van der Waals surface area contributed by atoms with Crippen molar-refractivity contribution in [2.75, 3.05) is 0 Å². The molecule has 0 aromatic carbocycles. The molecule has 0 saturated heterocycles. The van der Waals surface area contributed by atoms with Crippen molar-refractivity contribution >= 4 is 33.8 Å². The molecule has 0 bridgehead atoms. The largest absolute Gasteiger partial charge is 0.417 e. The van der Waals surface area contributed by atoms with Gasteiger partial charge in [-0.05, 0) is 23.0 Å². The van der Waals surface area contributed by atoms with Crippen LogP contribution in [0.25, 0.3) is 5.57 Å². The fourth-order valence-corrected chi connectivity index (χ4v) is 1.71. The Hall–Kier alpha value is -0.810. The summed E-state index contributed by atoms with van der Waals surface area (Å²) in [5.74, 6) is 0. The number of hydrogen-bond acceptors (Lipinski definition) is 2. The number of thiophene rings is 1. The summed E-state index contributed by atoms with van der Waals surface area (Å²) in [6.45, 7) is 0. The number of hydrogen-bond donors (Lipinski definition) is 0. The van der Waals surface area contributed by atoms with Crippen molar-refractivity contribution in [3.63, 3.8) is 0 Å². The maximum Gasteiger partial charge on any atom is 0.417 e. The lowest BCUT2D eigenvalue weighted by Crippen LogP contribution is -2.10. The molecule has 1 nitrogen and oxygen atoms in total. The molecule has 1 aromatic heterocycles. The van der Waals surface area contributed by atoms with Crippen LogP contribution in [0.5, 0.6) is 0 Å². The third kappa shape index (κ3) is 2.85. The van der Waals surface area contributed by atoms with Gasteiger partial charge >= 0.3 is 6.18 Å². The quantitative estimate of drug-likeness (QED) is 0.572. The minimum atomic E-state index is -4.56. The molecular weight excluding hydrogens is 237 g/mol. The third-order valence-electron chi connectivity index (χ3n) is 1.35. The highest BCUT2D eigenvalue weighted by molar-refractivity contribution is 7.11. The summed E-state index contributed by atoms with van der Waals surface area (Å²) < 4.78 is 37.1. The van der Waals surface area contributed by atoms with Gasteiger partial charge < -0.3 is 0 Å². The molecule has 1 heterocycles. The van der Waals surface area contributed by atoms with Crippen LogP contribution in [0, 0.1) is 0 Å². The summed E-state index contributed by atoms with van der Waals surface area (Å²) >= 11 is 5.79. The molecule has 0 atom stereocenters. The van der Waals surface area contributed by atoms with Gasteiger partial charge in [0.25, 0.3) is 0 Å². The van der Waals surface area contributed by atoms with Crippen molar-refractivity contribution in [2.45, 2.75) is 6.18 Å². The van der Waals surface area contributed by atoms with E-state index in [1.165, 1.54) is 17.5 Å². The van der Waals surface area contributed by atoms with Gasteiger partial charge in [-0.1, -0.05) is 6.07 Å². The van der Waals surface area contributed by atoms with E-state index >= 15 is 0 Å². The number of carbonyl (C=O) groups excluding carboxylic acids is 1. The number of alkyl halides is 3. The summed E-state index contributed by atoms with van der Waals surface area (Å²) in [6.07, 6.45) is -4.18. The highest BCUT2D eigenvalue weighted by Crippen LogP contribution is 2.36. The topological polar surface area (TPSA) is 17.1 Å². The Kier molecular flexibility index (Phi) is 3.34. The monoisotopic (exact) mass is 240 g/mol. The maximum atomic E-state index is 12.4. The van der Waals surface area contributed by atoms with Crippen LogP contribution in [-0.2, 0) is 4.79 Å². The molecule has 6 heteroatoms. The lowest BCUT2D eigenvalue weighted by Gasteiger charge is -2.08. The average Bonchev–Trinajstić information content (AvgIpc) is 2.49. The summed E-state index contributed by atoms with van der Waals surface area (Å²) in [5, 5.41) is 0.360. The number of allylic oxidation sites excluding steroid dienone is 2. The Morgan fingerprint density at radius 2 is 2.14 bits per heavy atom. The molecule has 14 heavy (non-hydrogen) atoms. The fraction of sp³-hybridized carbons (Fsp3) is 0.125. The molecule has 0 spiro atoms. The van der Waals surface area contributed by atoms with Crippen molar-refractivity contribution < 1.29 is 18.0 Å². The maximum absolute atomic E-state index is 12.4. The van der Waals surface area contributed by atoms with Gasteiger partial charge in [-0.15, -0.1) is 11.3 Å². The Morgan fingerprint density at radius 3 is 2.50 bits per heavy atom. The van der Waals surface area contributed by atoms with Crippen molar-refractivity contribution in [1.29, 1.82) is 0 Å². The summed E-state index contributed by atoms with van der Waals surface area (Å²) in [7, 11) is 0. The summed E-state index contributed by atoms with van der Waals surface area (Å²) in [4.78, 5) is 10.4. The molecule has 0 aliphatic carbocycles. The molecule has 0 amide bonds.